The van der Waals surface area contributed by atoms with Gasteiger partial charge in [0.25, 0.3) is 5.91 Å². The van der Waals surface area contributed by atoms with Crippen LogP contribution in [0.1, 0.15) is 33.0 Å². The molecule has 2 aromatic heterocycles. The van der Waals surface area contributed by atoms with Gasteiger partial charge in [0.2, 0.25) is 5.91 Å². The molecular formula is C23H23N7O2. The minimum atomic E-state index is -2.66. The van der Waals surface area contributed by atoms with E-state index in [1.54, 1.807) is 12.4 Å². The largest absolute Gasteiger partial charge is 0.366 e. The van der Waals surface area contributed by atoms with Crippen molar-refractivity contribution < 1.29 is 13.7 Å². The summed E-state index contributed by atoms with van der Waals surface area (Å²) < 4.78 is 22.2. The Bertz CT molecular complexity index is 1320. The van der Waals surface area contributed by atoms with Gasteiger partial charge in [0.05, 0.1) is 40.6 Å². The highest BCUT2D eigenvalue weighted by Gasteiger charge is 2.30. The highest BCUT2D eigenvalue weighted by molar-refractivity contribution is 6.02. The van der Waals surface area contributed by atoms with Crippen LogP contribution in [0, 0.1) is 5.92 Å². The standard InChI is InChI=1S/C23H23N7O2/c1-24-23(32)15-11-27-19(29-22(31)13-6-7-13)10-17(15)28-16-5-3-4-14-20-18(25-8-9-26-20)12-30(2)21(14)16/h3-5,8-11,13H,6-7,12H2,1-2H3,(H,24,32)(H2,27,28,29,31)/i1D3. The first kappa shape index (κ1) is 16.7. The van der Waals surface area contributed by atoms with Crippen LogP contribution in [0.5, 0.6) is 0 Å². The van der Waals surface area contributed by atoms with Crippen molar-refractivity contribution in [3.05, 3.63) is 54.1 Å². The normalized spacial score (nSPS) is 16.0. The number of hydrogen-bond donors (Lipinski definition) is 3. The Kier molecular flexibility index (Phi) is 4.12. The number of nitrogens with zero attached hydrogens (tertiary/aromatic N) is 4. The van der Waals surface area contributed by atoms with Gasteiger partial charge in [-0.05, 0) is 18.9 Å². The maximum absolute atomic E-state index is 12.8. The van der Waals surface area contributed by atoms with Gasteiger partial charge in [-0.25, -0.2) is 4.98 Å². The number of pyridine rings is 1. The first-order chi connectivity index (χ1) is 16.7. The highest BCUT2D eigenvalue weighted by Crippen LogP contribution is 2.42. The maximum atomic E-state index is 12.8. The van der Waals surface area contributed by atoms with Crippen LogP contribution >= 0.6 is 0 Å². The Hall–Kier alpha value is -4.01. The molecule has 9 nitrogen and oxygen atoms in total. The summed E-state index contributed by atoms with van der Waals surface area (Å²) in [7, 11) is 1.93. The van der Waals surface area contributed by atoms with Gasteiger partial charge in [-0.15, -0.1) is 0 Å². The van der Waals surface area contributed by atoms with Gasteiger partial charge >= 0.3 is 0 Å². The lowest BCUT2D eigenvalue weighted by Crippen LogP contribution is -2.24. The van der Waals surface area contributed by atoms with Gasteiger partial charge in [0.1, 0.15) is 5.82 Å². The zero-order valence-electron chi connectivity index (χ0n) is 20.3. The summed E-state index contributed by atoms with van der Waals surface area (Å²) in [6.45, 7) is -2.12. The summed E-state index contributed by atoms with van der Waals surface area (Å²) in [6, 6.07) is 7.19. The average molecular weight is 433 g/mol. The Balaban J connectivity index is 1.55. The number of carbonyl (C=O) groups excluding carboxylic acids is 2. The molecule has 3 N–H and O–H groups in total. The van der Waals surface area contributed by atoms with Crippen molar-refractivity contribution in [2.45, 2.75) is 19.4 Å². The van der Waals surface area contributed by atoms with Gasteiger partial charge in [-0.2, -0.15) is 0 Å². The van der Waals surface area contributed by atoms with E-state index in [-0.39, 0.29) is 23.2 Å². The zero-order valence-corrected chi connectivity index (χ0v) is 17.3. The fourth-order valence-electron chi connectivity index (χ4n) is 3.85. The summed E-state index contributed by atoms with van der Waals surface area (Å²) in [4.78, 5) is 40.2. The summed E-state index contributed by atoms with van der Waals surface area (Å²) in [5.74, 6) is -0.698. The van der Waals surface area contributed by atoms with E-state index in [9.17, 15) is 9.59 Å². The molecule has 1 aliphatic heterocycles. The third kappa shape index (κ3) is 3.62. The summed E-state index contributed by atoms with van der Waals surface area (Å²) in [5, 5.41) is 8.03. The number of benzene rings is 1. The Morgan fingerprint density at radius 3 is 2.81 bits per heavy atom. The van der Waals surface area contributed by atoms with Gasteiger partial charge < -0.3 is 20.9 Å². The number of hydrogen-bond acceptors (Lipinski definition) is 7. The zero-order chi connectivity index (χ0) is 24.7. The predicted octanol–water partition coefficient (Wildman–Crippen LogP) is 2.94. The molecule has 32 heavy (non-hydrogen) atoms. The van der Waals surface area contributed by atoms with Crippen LogP contribution in [-0.2, 0) is 11.3 Å². The number of rotatable bonds is 5. The van der Waals surface area contributed by atoms with E-state index >= 15 is 0 Å². The molecule has 1 saturated carbocycles. The Labute approximate surface area is 189 Å². The van der Waals surface area contributed by atoms with E-state index < -0.39 is 12.9 Å². The highest BCUT2D eigenvalue weighted by atomic mass is 16.2. The quantitative estimate of drug-likeness (QED) is 0.568. The Morgan fingerprint density at radius 1 is 1.16 bits per heavy atom. The minimum absolute atomic E-state index is 0.0253. The van der Waals surface area contributed by atoms with Gasteiger partial charge in [0, 0.05) is 54.3 Å². The number of anilines is 4. The van der Waals surface area contributed by atoms with Crippen LogP contribution < -0.4 is 20.9 Å². The number of aromatic nitrogens is 3. The van der Waals surface area contributed by atoms with Crippen molar-refractivity contribution in [3.8, 4) is 11.3 Å². The molecule has 5 rings (SSSR count). The number of carbonyl (C=O) groups is 2. The van der Waals surface area contributed by atoms with Crippen LogP contribution in [-0.4, -0.2) is 40.8 Å². The monoisotopic (exact) mass is 432 g/mol. The van der Waals surface area contributed by atoms with E-state index in [0.717, 1.165) is 35.5 Å². The fourth-order valence-corrected chi connectivity index (χ4v) is 3.85. The summed E-state index contributed by atoms with van der Waals surface area (Å²) in [5.41, 5.74) is 4.36. The maximum Gasteiger partial charge on any atom is 0.254 e. The molecule has 1 fully saturated rings. The molecule has 0 unspecified atom stereocenters. The van der Waals surface area contributed by atoms with Crippen LogP contribution in [0.3, 0.4) is 0 Å². The molecule has 3 heterocycles. The third-order valence-electron chi connectivity index (χ3n) is 5.56. The molecule has 9 heteroatoms. The number of fused-ring (bicyclic) bond motifs is 3. The third-order valence-corrected chi connectivity index (χ3v) is 5.56. The van der Waals surface area contributed by atoms with Gasteiger partial charge in [0.15, 0.2) is 0 Å². The van der Waals surface area contributed by atoms with Crippen LogP contribution in [0.25, 0.3) is 11.3 Å². The van der Waals surface area contributed by atoms with Crippen molar-refractivity contribution >= 4 is 34.7 Å². The van der Waals surface area contributed by atoms with Gasteiger partial charge in [-0.1, -0.05) is 12.1 Å². The molecule has 2 aliphatic rings. The van der Waals surface area contributed by atoms with Crippen molar-refractivity contribution in [3.63, 3.8) is 0 Å². The van der Waals surface area contributed by atoms with E-state index in [1.807, 2.05) is 35.5 Å². The molecule has 1 aromatic carbocycles. The van der Waals surface area contributed by atoms with Crippen LogP contribution in [0.4, 0.5) is 22.9 Å². The fraction of sp³-hybridized carbons (Fsp3) is 0.261. The van der Waals surface area contributed by atoms with Crippen LogP contribution in [0.15, 0.2) is 42.9 Å². The molecule has 162 valence electrons. The lowest BCUT2D eigenvalue weighted by atomic mass is 10.0. The lowest BCUT2D eigenvalue weighted by molar-refractivity contribution is -0.117. The number of nitrogens with one attached hydrogen (secondary N) is 3. The van der Waals surface area contributed by atoms with E-state index in [4.69, 9.17) is 4.11 Å². The van der Waals surface area contributed by atoms with E-state index in [2.05, 4.69) is 25.6 Å². The smallest absolute Gasteiger partial charge is 0.254 e. The second-order valence-electron chi connectivity index (χ2n) is 7.87. The molecule has 0 atom stereocenters. The van der Waals surface area contributed by atoms with Crippen molar-refractivity contribution in [1.82, 2.24) is 20.3 Å². The van der Waals surface area contributed by atoms with Gasteiger partial charge in [-0.3, -0.25) is 19.6 Å². The average Bonchev–Trinajstić information content (AvgIpc) is 3.64. The van der Waals surface area contributed by atoms with E-state index in [1.165, 1.54) is 12.3 Å². The first-order valence-corrected chi connectivity index (χ1v) is 10.2. The van der Waals surface area contributed by atoms with Crippen molar-refractivity contribution in [2.24, 2.45) is 5.92 Å². The molecule has 0 spiro atoms. The molecule has 0 bridgehead atoms. The number of amides is 2. The second-order valence-corrected chi connectivity index (χ2v) is 7.87. The predicted molar refractivity (Wildman–Crippen MR) is 122 cm³/mol. The molecule has 2 amide bonds. The molecule has 3 aromatic rings. The second kappa shape index (κ2) is 7.92. The summed E-state index contributed by atoms with van der Waals surface area (Å²) in [6.07, 6.45) is 6.23. The minimum Gasteiger partial charge on any atom is -0.366 e. The molecule has 1 aliphatic carbocycles. The lowest BCUT2D eigenvalue weighted by Gasteiger charge is -2.30. The van der Waals surface area contributed by atoms with Crippen molar-refractivity contribution in [1.29, 1.82) is 0 Å². The first-order valence-electron chi connectivity index (χ1n) is 11.7. The topological polar surface area (TPSA) is 112 Å². The molecule has 0 radical (unpaired) electrons. The number of para-hydroxylation sites is 1. The SMILES string of the molecule is [2H]C([2H])([2H])NC(=O)c1cnc(NC(=O)C2CC2)cc1Nc1cccc2c1N(C)Cc1nccnc1-2. The Morgan fingerprint density at radius 2 is 2.00 bits per heavy atom. The summed E-state index contributed by atoms with van der Waals surface area (Å²) >= 11 is 0. The van der Waals surface area contributed by atoms with Crippen molar-refractivity contribution in [2.75, 3.05) is 29.6 Å². The van der Waals surface area contributed by atoms with E-state index in [0.29, 0.717) is 17.9 Å². The molecule has 0 saturated heterocycles. The van der Waals surface area contributed by atoms with Crippen LogP contribution in [0.2, 0.25) is 0 Å². The molecular weight excluding hydrogens is 406 g/mol.